The summed E-state index contributed by atoms with van der Waals surface area (Å²) < 4.78 is 1.35. The molecule has 1 aliphatic carbocycles. The van der Waals surface area contributed by atoms with Crippen molar-refractivity contribution in [3.8, 4) is 17.0 Å². The number of phenolic OH excluding ortho intramolecular Hbond substituents is 1. The molecule has 1 aromatic heterocycles. The molecule has 1 saturated carbocycles. The highest BCUT2D eigenvalue weighted by atomic mass is 35.5. The molecule has 0 atom stereocenters. The number of rotatable bonds is 6. The van der Waals surface area contributed by atoms with E-state index in [1.807, 2.05) is 6.07 Å². The summed E-state index contributed by atoms with van der Waals surface area (Å²) in [6.45, 7) is 0.252. The summed E-state index contributed by atoms with van der Waals surface area (Å²) in [6.07, 6.45) is 1.93. The molecule has 0 bridgehead atoms. The average molecular weight is 556 g/mol. The lowest BCUT2D eigenvalue weighted by atomic mass is 10.1. The van der Waals surface area contributed by atoms with Gasteiger partial charge in [0.2, 0.25) is 0 Å². The molecule has 2 amide bonds. The van der Waals surface area contributed by atoms with Crippen LogP contribution < -0.4 is 10.6 Å². The van der Waals surface area contributed by atoms with E-state index in [4.69, 9.17) is 34.8 Å². The Bertz CT molecular complexity index is 1500. The lowest BCUT2D eigenvalue weighted by Gasteiger charge is -2.09. The topological polar surface area (TPSA) is 96.3 Å². The molecule has 0 aliphatic heterocycles. The van der Waals surface area contributed by atoms with Gasteiger partial charge in [-0.15, -0.1) is 0 Å². The summed E-state index contributed by atoms with van der Waals surface area (Å²) in [5.74, 6) is -0.170. The molecule has 188 valence electrons. The number of nitrogens with zero attached hydrogens (tertiary/aromatic N) is 2. The maximum absolute atomic E-state index is 13.0. The van der Waals surface area contributed by atoms with Crippen LogP contribution in [0.4, 0.5) is 10.5 Å². The van der Waals surface area contributed by atoms with E-state index in [9.17, 15) is 14.7 Å². The van der Waals surface area contributed by atoms with Crippen LogP contribution in [0.25, 0.3) is 11.3 Å². The largest absolute Gasteiger partial charge is 0.507 e. The van der Waals surface area contributed by atoms with Crippen molar-refractivity contribution in [1.82, 2.24) is 15.1 Å². The van der Waals surface area contributed by atoms with E-state index in [1.165, 1.54) is 10.7 Å². The van der Waals surface area contributed by atoms with E-state index in [1.54, 1.807) is 54.6 Å². The average Bonchev–Trinajstić information content (AvgIpc) is 3.63. The van der Waals surface area contributed by atoms with Gasteiger partial charge in [0.25, 0.3) is 5.91 Å². The molecule has 1 heterocycles. The van der Waals surface area contributed by atoms with Crippen LogP contribution in [0.5, 0.6) is 5.75 Å². The van der Waals surface area contributed by atoms with E-state index in [0.29, 0.717) is 37.6 Å². The van der Waals surface area contributed by atoms with Gasteiger partial charge in [0, 0.05) is 40.4 Å². The summed E-state index contributed by atoms with van der Waals surface area (Å²) in [5, 5.41) is 22.2. The van der Waals surface area contributed by atoms with Crippen molar-refractivity contribution in [3.63, 3.8) is 0 Å². The van der Waals surface area contributed by atoms with Crippen LogP contribution in [0.2, 0.25) is 15.1 Å². The third-order valence-corrected chi connectivity index (χ3v) is 6.98. The third-order valence-electron chi connectivity index (χ3n) is 5.99. The Morgan fingerprint density at radius 3 is 2.38 bits per heavy atom. The third kappa shape index (κ3) is 5.74. The van der Waals surface area contributed by atoms with E-state index in [0.717, 1.165) is 24.1 Å². The molecule has 4 aromatic rings. The molecular formula is C27H21Cl3N4O3. The predicted octanol–water partition coefficient (Wildman–Crippen LogP) is 7.10. The number of aromatic hydroxyl groups is 1. The predicted molar refractivity (Wildman–Crippen MR) is 145 cm³/mol. The normalized spacial score (nSPS) is 12.8. The molecule has 1 fully saturated rings. The van der Waals surface area contributed by atoms with Crippen LogP contribution in [-0.4, -0.2) is 26.8 Å². The summed E-state index contributed by atoms with van der Waals surface area (Å²) in [7, 11) is 0. The standard InChI is InChI=1S/C27H21Cl3N4O3/c28-18-6-4-17(5-7-18)26(36)32-19-8-9-20(25(35)12-19)23-13-24(16-2-3-16)34(33-23)27(37)31-14-15-1-10-21(29)22(30)11-15/h1,4-13,16,35H,2-3,14H2,(H,31,37)(H,32,36). The molecule has 10 heteroatoms. The molecule has 0 radical (unpaired) electrons. The van der Waals surface area contributed by atoms with Crippen LogP contribution in [0.3, 0.4) is 0 Å². The Morgan fingerprint density at radius 1 is 0.946 bits per heavy atom. The van der Waals surface area contributed by atoms with Gasteiger partial charge in [-0.25, -0.2) is 4.79 Å². The van der Waals surface area contributed by atoms with E-state index < -0.39 is 0 Å². The first-order valence-electron chi connectivity index (χ1n) is 11.5. The number of phenols is 1. The highest BCUT2D eigenvalue weighted by Crippen LogP contribution is 2.42. The lowest BCUT2D eigenvalue weighted by molar-refractivity contribution is 0.102. The highest BCUT2D eigenvalue weighted by molar-refractivity contribution is 6.42. The van der Waals surface area contributed by atoms with Gasteiger partial charge >= 0.3 is 6.03 Å². The number of halogens is 3. The Balaban J connectivity index is 1.33. The van der Waals surface area contributed by atoms with Gasteiger partial charge in [-0.2, -0.15) is 9.78 Å². The number of carbonyl (C=O) groups is 2. The Hall–Kier alpha value is -3.52. The van der Waals surface area contributed by atoms with Gasteiger partial charge in [-0.3, -0.25) is 4.79 Å². The minimum Gasteiger partial charge on any atom is -0.507 e. The van der Waals surface area contributed by atoms with Crippen molar-refractivity contribution in [3.05, 3.63) is 98.6 Å². The van der Waals surface area contributed by atoms with Gasteiger partial charge < -0.3 is 15.7 Å². The van der Waals surface area contributed by atoms with Gasteiger partial charge in [0.15, 0.2) is 0 Å². The summed E-state index contributed by atoms with van der Waals surface area (Å²) in [4.78, 5) is 25.5. The zero-order chi connectivity index (χ0) is 26.1. The van der Waals surface area contributed by atoms with Crippen LogP contribution in [-0.2, 0) is 6.54 Å². The first-order valence-corrected chi connectivity index (χ1v) is 12.6. The number of hydrogen-bond acceptors (Lipinski definition) is 4. The van der Waals surface area contributed by atoms with E-state index in [-0.39, 0.29) is 30.2 Å². The van der Waals surface area contributed by atoms with Crippen molar-refractivity contribution < 1.29 is 14.7 Å². The second kappa shape index (κ2) is 10.5. The minimum absolute atomic E-state index is 0.0721. The number of amides is 2. The molecule has 3 aromatic carbocycles. The number of hydrogen-bond donors (Lipinski definition) is 3. The molecule has 7 nitrogen and oxygen atoms in total. The number of anilines is 1. The second-order valence-electron chi connectivity index (χ2n) is 8.74. The number of aromatic nitrogens is 2. The molecule has 0 saturated heterocycles. The first kappa shape index (κ1) is 25.1. The molecule has 3 N–H and O–H groups in total. The second-order valence-corrected chi connectivity index (χ2v) is 9.99. The number of nitrogens with one attached hydrogen (secondary N) is 2. The maximum Gasteiger partial charge on any atom is 0.342 e. The number of carbonyl (C=O) groups excluding carboxylic acids is 2. The zero-order valence-corrected chi connectivity index (χ0v) is 21.6. The van der Waals surface area contributed by atoms with Crippen LogP contribution >= 0.6 is 34.8 Å². The van der Waals surface area contributed by atoms with Crippen molar-refractivity contribution in [1.29, 1.82) is 0 Å². The van der Waals surface area contributed by atoms with E-state index >= 15 is 0 Å². The van der Waals surface area contributed by atoms with Crippen molar-refractivity contribution in [2.75, 3.05) is 5.32 Å². The molecule has 37 heavy (non-hydrogen) atoms. The highest BCUT2D eigenvalue weighted by Gasteiger charge is 2.30. The maximum atomic E-state index is 13.0. The van der Waals surface area contributed by atoms with Gasteiger partial charge in [-0.05, 0) is 73.0 Å². The van der Waals surface area contributed by atoms with E-state index in [2.05, 4.69) is 15.7 Å². The van der Waals surface area contributed by atoms with Gasteiger partial charge in [0.05, 0.1) is 21.4 Å². The fourth-order valence-corrected chi connectivity index (χ4v) is 4.34. The smallest absolute Gasteiger partial charge is 0.342 e. The summed E-state index contributed by atoms with van der Waals surface area (Å²) in [6, 6.07) is 17.9. The summed E-state index contributed by atoms with van der Waals surface area (Å²) in [5.41, 5.74) is 3.34. The molecule has 1 aliphatic rings. The Morgan fingerprint density at radius 2 is 1.70 bits per heavy atom. The Kier molecular flexibility index (Phi) is 7.11. The van der Waals surface area contributed by atoms with Crippen LogP contribution in [0, 0.1) is 0 Å². The van der Waals surface area contributed by atoms with Crippen LogP contribution in [0.1, 0.15) is 40.4 Å². The van der Waals surface area contributed by atoms with Crippen molar-refractivity contribution >= 4 is 52.4 Å². The van der Waals surface area contributed by atoms with Crippen LogP contribution in [0.15, 0.2) is 66.7 Å². The number of benzene rings is 3. The van der Waals surface area contributed by atoms with Crippen molar-refractivity contribution in [2.24, 2.45) is 0 Å². The monoisotopic (exact) mass is 554 g/mol. The molecule has 0 spiro atoms. The zero-order valence-electron chi connectivity index (χ0n) is 19.3. The van der Waals surface area contributed by atoms with Crippen molar-refractivity contribution in [2.45, 2.75) is 25.3 Å². The van der Waals surface area contributed by atoms with Gasteiger partial charge in [-0.1, -0.05) is 40.9 Å². The summed E-state index contributed by atoms with van der Waals surface area (Å²) >= 11 is 17.9. The minimum atomic E-state index is -0.384. The molecule has 5 rings (SSSR count). The molecular weight excluding hydrogens is 535 g/mol. The van der Waals surface area contributed by atoms with Gasteiger partial charge in [0.1, 0.15) is 5.75 Å². The first-order chi connectivity index (χ1) is 17.8. The Labute approximate surface area is 228 Å². The quantitative estimate of drug-likeness (QED) is 0.236. The lowest BCUT2D eigenvalue weighted by Crippen LogP contribution is -2.30. The fourth-order valence-electron chi connectivity index (χ4n) is 3.89. The molecule has 0 unspecified atom stereocenters. The fraction of sp³-hybridized carbons (Fsp3) is 0.148. The SMILES string of the molecule is O=C(Nc1ccc(-c2cc(C3CC3)n(C(=O)NCc3ccc(Cl)c(Cl)c3)n2)c(O)c1)c1ccc(Cl)cc1.